The van der Waals surface area contributed by atoms with Gasteiger partial charge in [0.2, 0.25) is 0 Å². The molecule has 0 saturated heterocycles. The van der Waals surface area contributed by atoms with E-state index in [1.807, 2.05) is 0 Å². The third-order valence-corrected chi connectivity index (χ3v) is 11.1. The first kappa shape index (κ1) is 25.8. The van der Waals surface area contributed by atoms with Gasteiger partial charge in [-0.3, -0.25) is 0 Å². The van der Waals surface area contributed by atoms with E-state index in [1.165, 1.54) is 44.5 Å². The third kappa shape index (κ3) is 4.75. The van der Waals surface area contributed by atoms with Crippen molar-refractivity contribution in [3.8, 4) is 11.1 Å². The maximum atomic E-state index is 2.39. The number of allylic oxidation sites excluding steroid dienone is 4. The van der Waals surface area contributed by atoms with Crippen LogP contribution in [0.25, 0.3) is 16.7 Å². The second-order valence-electron chi connectivity index (χ2n) is 8.81. The van der Waals surface area contributed by atoms with Gasteiger partial charge in [0.05, 0.1) is 0 Å². The Bertz CT molecular complexity index is 1390. The first-order chi connectivity index (χ1) is 16.3. The molecular weight excluding hydrogens is 546 g/mol. The molecule has 171 valence electrons. The van der Waals surface area contributed by atoms with E-state index >= 15 is 0 Å². The third-order valence-electron chi connectivity index (χ3n) is 6.81. The fourth-order valence-electron chi connectivity index (χ4n) is 5.28. The fraction of sp³-hybridized carbons (Fsp3) is 0.0938. The minimum atomic E-state index is -1.09. The largest absolute Gasteiger partial charge is 1.00 e. The van der Waals surface area contributed by atoms with Crippen LogP contribution in [0.1, 0.15) is 43.4 Å². The second kappa shape index (κ2) is 11.2. The van der Waals surface area contributed by atoms with E-state index in [4.69, 9.17) is 0 Å². The molecule has 0 heterocycles. The molecule has 0 aliphatic heterocycles. The van der Waals surface area contributed by atoms with Crippen LogP contribution in [0.3, 0.4) is 0 Å². The summed E-state index contributed by atoms with van der Waals surface area (Å²) >= 11 is -1.09. The Morgan fingerprint density at radius 2 is 1.34 bits per heavy atom. The summed E-state index contributed by atoms with van der Waals surface area (Å²) in [5, 5.41) is 0. The average molecular weight is 572 g/mol. The van der Waals surface area contributed by atoms with Crippen LogP contribution < -0.4 is 24.8 Å². The molecule has 0 fully saturated rings. The summed E-state index contributed by atoms with van der Waals surface area (Å²) in [5.74, 6) is 0. The van der Waals surface area contributed by atoms with E-state index < -0.39 is 22.8 Å². The molecule has 0 bridgehead atoms. The Labute approximate surface area is 231 Å². The standard InChI is InChI=1S/C19H15.C13H10.2ClH.Zr/c1-13-10-11-16(14-6-2-3-7-14)18-12-15-8-4-5-9-17(15)19(13)18;1-3-7-12(8-4-1)11-13-9-5-2-6-10-13;;;/h2-6,8-12H,7H2,1H3;1-10H;2*1H;/q;;;;+2/p-2. The van der Waals surface area contributed by atoms with E-state index in [9.17, 15) is 0 Å². The Kier molecular flexibility index (Phi) is 8.23. The van der Waals surface area contributed by atoms with Crippen LogP contribution in [0.4, 0.5) is 0 Å². The fourth-order valence-corrected chi connectivity index (χ4v) is 9.72. The Balaban J connectivity index is 0.00000144. The van der Waals surface area contributed by atoms with E-state index in [2.05, 4.69) is 122 Å². The van der Waals surface area contributed by atoms with Crippen molar-refractivity contribution in [2.75, 3.05) is 0 Å². The van der Waals surface area contributed by atoms with Gasteiger partial charge in [-0.05, 0) is 0 Å². The van der Waals surface area contributed by atoms with Gasteiger partial charge in [0.25, 0.3) is 0 Å². The van der Waals surface area contributed by atoms with Gasteiger partial charge in [-0.25, -0.2) is 0 Å². The van der Waals surface area contributed by atoms with E-state index in [-0.39, 0.29) is 24.8 Å². The van der Waals surface area contributed by atoms with Gasteiger partial charge in [-0.2, -0.15) is 0 Å². The molecule has 35 heavy (non-hydrogen) atoms. The number of halogens is 2. The smallest absolute Gasteiger partial charge is 1.00 e. The SMILES string of the molecule is Cc1ccc(C2=CC=CC2)c2c1-c1ccccc1[CH]2[Zr+2]=[C](c1ccccc1)c1ccccc1.[Cl-].[Cl-]. The van der Waals surface area contributed by atoms with Gasteiger partial charge in [0, 0.05) is 0 Å². The Hall–Kier alpha value is -2.31. The van der Waals surface area contributed by atoms with Gasteiger partial charge in [0.15, 0.2) is 0 Å². The number of benzene rings is 4. The molecule has 0 nitrogen and oxygen atoms in total. The number of hydrogen-bond acceptors (Lipinski definition) is 0. The van der Waals surface area contributed by atoms with Crippen LogP contribution in [0.5, 0.6) is 0 Å². The van der Waals surface area contributed by atoms with Crippen molar-refractivity contribution in [3.05, 3.63) is 149 Å². The van der Waals surface area contributed by atoms with Crippen molar-refractivity contribution < 1.29 is 47.6 Å². The number of hydrogen-bond donors (Lipinski definition) is 0. The molecule has 0 radical (unpaired) electrons. The summed E-state index contributed by atoms with van der Waals surface area (Å²) in [5.41, 5.74) is 13.2. The van der Waals surface area contributed by atoms with Crippen molar-refractivity contribution in [3.63, 3.8) is 0 Å². The van der Waals surface area contributed by atoms with Crippen molar-refractivity contribution in [2.45, 2.75) is 17.0 Å². The molecule has 6 rings (SSSR count). The molecule has 0 amide bonds. The number of rotatable bonds is 4. The monoisotopic (exact) mass is 569 g/mol. The van der Waals surface area contributed by atoms with Crippen LogP contribution in [-0.2, 0) is 22.8 Å². The zero-order valence-electron chi connectivity index (χ0n) is 19.5. The van der Waals surface area contributed by atoms with E-state index in [1.54, 1.807) is 8.77 Å². The van der Waals surface area contributed by atoms with Crippen LogP contribution in [-0.4, -0.2) is 3.21 Å². The van der Waals surface area contributed by atoms with Crippen molar-refractivity contribution in [1.82, 2.24) is 0 Å². The van der Waals surface area contributed by atoms with Gasteiger partial charge in [-0.15, -0.1) is 0 Å². The zero-order chi connectivity index (χ0) is 22.2. The first-order valence-electron chi connectivity index (χ1n) is 11.6. The predicted octanol–water partition coefficient (Wildman–Crippen LogP) is 1.77. The maximum Gasteiger partial charge on any atom is -1.00 e. The summed E-state index contributed by atoms with van der Waals surface area (Å²) in [6.07, 6.45) is 7.85. The molecule has 4 aromatic rings. The normalized spacial score (nSPS) is 14.7. The molecule has 1 atom stereocenters. The second-order valence-corrected chi connectivity index (χ2v) is 12.2. The summed E-state index contributed by atoms with van der Waals surface area (Å²) < 4.78 is 2.09. The molecule has 4 aromatic carbocycles. The Morgan fingerprint density at radius 1 is 0.714 bits per heavy atom. The molecule has 0 aromatic heterocycles. The molecule has 1 unspecified atom stereocenters. The zero-order valence-corrected chi connectivity index (χ0v) is 23.5. The molecular formula is C32H25Cl2Zr. The average Bonchev–Trinajstić information content (AvgIpc) is 3.51. The van der Waals surface area contributed by atoms with Gasteiger partial charge in [0.1, 0.15) is 0 Å². The summed E-state index contributed by atoms with van der Waals surface area (Å²) in [7, 11) is 0. The number of aryl methyl sites for hydroxylation is 1. The van der Waals surface area contributed by atoms with Gasteiger partial charge < -0.3 is 24.8 Å². The molecule has 2 aliphatic rings. The minimum Gasteiger partial charge on any atom is -1.00 e. The molecule has 0 N–H and O–H groups in total. The van der Waals surface area contributed by atoms with Gasteiger partial charge >= 0.3 is 208 Å². The van der Waals surface area contributed by atoms with Crippen LogP contribution in [0, 0.1) is 6.92 Å². The molecule has 2 aliphatic carbocycles. The van der Waals surface area contributed by atoms with E-state index in [0.29, 0.717) is 3.63 Å². The predicted molar refractivity (Wildman–Crippen MR) is 136 cm³/mol. The number of fused-ring (bicyclic) bond motifs is 3. The van der Waals surface area contributed by atoms with Crippen molar-refractivity contribution in [2.24, 2.45) is 0 Å². The van der Waals surface area contributed by atoms with Crippen LogP contribution >= 0.6 is 0 Å². The summed E-state index contributed by atoms with van der Waals surface area (Å²) in [6.45, 7) is 2.28. The molecule has 0 saturated carbocycles. The summed E-state index contributed by atoms with van der Waals surface area (Å²) in [4.78, 5) is 0. The molecule has 0 spiro atoms. The Morgan fingerprint density at radius 3 is 1.97 bits per heavy atom. The topological polar surface area (TPSA) is 0 Å². The van der Waals surface area contributed by atoms with Crippen LogP contribution in [0.2, 0.25) is 0 Å². The van der Waals surface area contributed by atoms with E-state index in [0.717, 1.165) is 6.42 Å². The van der Waals surface area contributed by atoms with Crippen molar-refractivity contribution >= 4 is 8.78 Å². The minimum absolute atomic E-state index is 0. The van der Waals surface area contributed by atoms with Crippen LogP contribution in [0.15, 0.2) is 115 Å². The quantitative estimate of drug-likeness (QED) is 0.351. The first-order valence-corrected chi connectivity index (χ1v) is 14.3. The van der Waals surface area contributed by atoms with Gasteiger partial charge in [-0.1, -0.05) is 0 Å². The maximum absolute atomic E-state index is 2.39. The van der Waals surface area contributed by atoms with Crippen molar-refractivity contribution in [1.29, 1.82) is 0 Å². The molecule has 3 heteroatoms. The summed E-state index contributed by atoms with van der Waals surface area (Å²) in [6, 6.07) is 36.0.